The average molecular weight is 491 g/mol. The lowest BCUT2D eigenvalue weighted by atomic mass is 10.0. The Bertz CT molecular complexity index is 1130. The molecule has 0 aromatic heterocycles. The lowest BCUT2D eigenvalue weighted by molar-refractivity contribution is -0.124. The Morgan fingerprint density at radius 2 is 1.31 bits per heavy atom. The van der Waals surface area contributed by atoms with Crippen molar-refractivity contribution in [2.45, 2.75) is 13.0 Å². The number of hydrogen-bond acceptors (Lipinski definition) is 4. The summed E-state index contributed by atoms with van der Waals surface area (Å²) in [6.07, 6.45) is 0. The van der Waals surface area contributed by atoms with E-state index in [1.165, 1.54) is 5.56 Å². The minimum Gasteiger partial charge on any atom is -0.348 e. The number of nitrogens with zero attached hydrogens (tertiary/aromatic N) is 2. The number of para-hydroxylation sites is 1. The second-order valence-corrected chi connectivity index (χ2v) is 9.26. The summed E-state index contributed by atoms with van der Waals surface area (Å²) in [5.41, 5.74) is 4.04. The third-order valence-corrected chi connectivity index (χ3v) is 6.57. The van der Waals surface area contributed by atoms with E-state index in [-0.39, 0.29) is 17.9 Å². The molecule has 35 heavy (non-hydrogen) atoms. The Morgan fingerprint density at radius 3 is 1.94 bits per heavy atom. The van der Waals surface area contributed by atoms with Crippen LogP contribution in [0, 0.1) is 0 Å². The third kappa shape index (κ3) is 7.15. The van der Waals surface area contributed by atoms with Crippen molar-refractivity contribution < 1.29 is 9.59 Å². The highest BCUT2D eigenvalue weighted by Crippen LogP contribution is 2.22. The van der Waals surface area contributed by atoms with Gasteiger partial charge in [-0.1, -0.05) is 78.3 Å². The number of carbonyl (C=O) groups excluding carboxylic acids is 2. The number of amides is 2. The Hall–Kier alpha value is -3.19. The minimum absolute atomic E-state index is 0.00884. The molecule has 6 nitrogen and oxygen atoms in total. The van der Waals surface area contributed by atoms with Crippen LogP contribution in [0.3, 0.4) is 0 Å². The fraction of sp³-hybridized carbons (Fsp3) is 0.286. The summed E-state index contributed by atoms with van der Waals surface area (Å²) in [5.74, 6) is -0.0778. The molecule has 0 unspecified atom stereocenters. The molecule has 0 aliphatic carbocycles. The molecular formula is C28H31ClN4O2. The zero-order valence-corrected chi connectivity index (χ0v) is 20.7. The van der Waals surface area contributed by atoms with E-state index in [0.717, 1.165) is 37.3 Å². The first-order chi connectivity index (χ1) is 17.0. The molecule has 1 fully saturated rings. The van der Waals surface area contributed by atoms with E-state index < -0.39 is 0 Å². The number of rotatable bonds is 8. The van der Waals surface area contributed by atoms with Crippen LogP contribution in [0.2, 0.25) is 5.02 Å². The summed E-state index contributed by atoms with van der Waals surface area (Å²) >= 11 is 6.11. The summed E-state index contributed by atoms with van der Waals surface area (Å²) in [7, 11) is 0. The number of carbonyl (C=O) groups is 2. The minimum atomic E-state index is -0.0867. The van der Waals surface area contributed by atoms with Crippen LogP contribution in [0.15, 0.2) is 78.9 Å². The van der Waals surface area contributed by atoms with Crippen molar-refractivity contribution in [1.29, 1.82) is 0 Å². The standard InChI is InChI=1S/C28H31ClN4O2/c1-21(22-11-13-24(14-12-22)23-7-3-2-4-8-23)30-27(34)19-32-15-17-33(18-16-32)20-28(35)31-26-10-6-5-9-25(26)29/h2-14,21H,15-20H2,1H3,(H,30,34)(H,31,35)/t21-/m0/s1. The first-order valence-corrected chi connectivity index (χ1v) is 12.3. The zero-order chi connectivity index (χ0) is 24.6. The molecule has 0 spiro atoms. The van der Waals surface area contributed by atoms with E-state index in [2.05, 4.69) is 56.8 Å². The molecule has 1 atom stereocenters. The molecule has 3 aromatic rings. The van der Waals surface area contributed by atoms with E-state index >= 15 is 0 Å². The fourth-order valence-electron chi connectivity index (χ4n) is 4.23. The largest absolute Gasteiger partial charge is 0.348 e. The van der Waals surface area contributed by atoms with Gasteiger partial charge in [0.15, 0.2) is 0 Å². The van der Waals surface area contributed by atoms with Crippen LogP contribution in [0.4, 0.5) is 5.69 Å². The van der Waals surface area contributed by atoms with Gasteiger partial charge in [-0.05, 0) is 35.7 Å². The van der Waals surface area contributed by atoms with Gasteiger partial charge in [0.1, 0.15) is 0 Å². The van der Waals surface area contributed by atoms with Gasteiger partial charge in [-0.2, -0.15) is 0 Å². The molecule has 1 aliphatic heterocycles. The molecule has 3 aromatic carbocycles. The van der Waals surface area contributed by atoms with Crippen molar-refractivity contribution in [2.75, 3.05) is 44.6 Å². The molecule has 2 N–H and O–H groups in total. The smallest absolute Gasteiger partial charge is 0.238 e. The van der Waals surface area contributed by atoms with Crippen molar-refractivity contribution in [2.24, 2.45) is 0 Å². The van der Waals surface area contributed by atoms with Gasteiger partial charge < -0.3 is 10.6 Å². The second-order valence-electron chi connectivity index (χ2n) is 8.86. The maximum atomic E-state index is 12.6. The molecule has 0 radical (unpaired) electrons. The Morgan fingerprint density at radius 1 is 0.771 bits per heavy atom. The van der Waals surface area contributed by atoms with Crippen LogP contribution in [0.1, 0.15) is 18.5 Å². The predicted molar refractivity (Wildman–Crippen MR) is 141 cm³/mol. The molecule has 1 aliphatic rings. The molecule has 1 heterocycles. The van der Waals surface area contributed by atoms with Gasteiger partial charge in [0.05, 0.1) is 29.8 Å². The number of anilines is 1. The summed E-state index contributed by atoms with van der Waals surface area (Å²) in [5, 5.41) is 6.49. The predicted octanol–water partition coefficient (Wildman–Crippen LogP) is 4.44. The Balaban J connectivity index is 1.19. The second kappa shape index (κ2) is 12.0. The van der Waals surface area contributed by atoms with Crippen molar-refractivity contribution in [3.63, 3.8) is 0 Å². The van der Waals surface area contributed by atoms with Gasteiger partial charge in [0, 0.05) is 26.2 Å². The first-order valence-electron chi connectivity index (χ1n) is 11.9. The highest BCUT2D eigenvalue weighted by molar-refractivity contribution is 6.33. The summed E-state index contributed by atoms with van der Waals surface area (Å²) in [4.78, 5) is 29.2. The van der Waals surface area contributed by atoms with Crippen LogP contribution in [0.25, 0.3) is 11.1 Å². The van der Waals surface area contributed by atoms with E-state index in [1.54, 1.807) is 12.1 Å². The number of halogens is 1. The van der Waals surface area contributed by atoms with Gasteiger partial charge in [-0.3, -0.25) is 19.4 Å². The highest BCUT2D eigenvalue weighted by atomic mass is 35.5. The van der Waals surface area contributed by atoms with Crippen LogP contribution < -0.4 is 10.6 Å². The lowest BCUT2D eigenvalue weighted by Gasteiger charge is -2.34. The number of nitrogens with one attached hydrogen (secondary N) is 2. The fourth-order valence-corrected chi connectivity index (χ4v) is 4.41. The van der Waals surface area contributed by atoms with Gasteiger partial charge >= 0.3 is 0 Å². The van der Waals surface area contributed by atoms with E-state index in [1.807, 2.05) is 37.3 Å². The quantitative estimate of drug-likeness (QED) is 0.490. The SMILES string of the molecule is C[C@H](NC(=O)CN1CCN(CC(=O)Nc2ccccc2Cl)CC1)c1ccc(-c2ccccc2)cc1. The van der Waals surface area contributed by atoms with Crippen molar-refractivity contribution in [1.82, 2.24) is 15.1 Å². The average Bonchev–Trinajstić information content (AvgIpc) is 2.87. The van der Waals surface area contributed by atoms with Crippen molar-refractivity contribution in [3.8, 4) is 11.1 Å². The molecule has 1 saturated heterocycles. The van der Waals surface area contributed by atoms with Crippen LogP contribution in [0.5, 0.6) is 0 Å². The molecule has 0 bridgehead atoms. The van der Waals surface area contributed by atoms with E-state index in [4.69, 9.17) is 11.6 Å². The third-order valence-electron chi connectivity index (χ3n) is 6.24. The van der Waals surface area contributed by atoms with Gasteiger partial charge in [-0.25, -0.2) is 0 Å². The number of benzene rings is 3. The summed E-state index contributed by atoms with van der Waals surface area (Å²) in [6.45, 7) is 5.62. The molecular weight excluding hydrogens is 460 g/mol. The van der Waals surface area contributed by atoms with Crippen LogP contribution in [-0.4, -0.2) is 60.9 Å². The molecule has 7 heteroatoms. The van der Waals surface area contributed by atoms with Crippen molar-refractivity contribution in [3.05, 3.63) is 89.4 Å². The van der Waals surface area contributed by atoms with Crippen LogP contribution in [-0.2, 0) is 9.59 Å². The maximum Gasteiger partial charge on any atom is 0.238 e. The molecule has 182 valence electrons. The van der Waals surface area contributed by atoms with Gasteiger partial charge in [0.25, 0.3) is 0 Å². The highest BCUT2D eigenvalue weighted by Gasteiger charge is 2.21. The normalized spacial score (nSPS) is 15.4. The molecule has 0 saturated carbocycles. The number of piperazine rings is 1. The molecule has 4 rings (SSSR count). The van der Waals surface area contributed by atoms with E-state index in [0.29, 0.717) is 23.8 Å². The van der Waals surface area contributed by atoms with Gasteiger partial charge in [0.2, 0.25) is 11.8 Å². The summed E-state index contributed by atoms with van der Waals surface area (Å²) < 4.78 is 0. The zero-order valence-electron chi connectivity index (χ0n) is 19.9. The van der Waals surface area contributed by atoms with Crippen molar-refractivity contribution >= 4 is 29.1 Å². The Kier molecular flexibility index (Phi) is 8.53. The number of hydrogen-bond donors (Lipinski definition) is 2. The van der Waals surface area contributed by atoms with Crippen LogP contribution >= 0.6 is 11.6 Å². The maximum absolute atomic E-state index is 12.6. The van der Waals surface area contributed by atoms with E-state index in [9.17, 15) is 9.59 Å². The summed E-state index contributed by atoms with van der Waals surface area (Å²) in [6, 6.07) is 25.7. The lowest BCUT2D eigenvalue weighted by Crippen LogP contribution is -2.51. The molecule has 2 amide bonds. The Labute approximate surface area is 211 Å². The monoisotopic (exact) mass is 490 g/mol. The first kappa shape index (κ1) is 24.9. The topological polar surface area (TPSA) is 64.7 Å². The van der Waals surface area contributed by atoms with Gasteiger partial charge in [-0.15, -0.1) is 0 Å².